The summed E-state index contributed by atoms with van der Waals surface area (Å²) < 4.78 is 44.8. The molecule has 1 amide bonds. The average molecular weight is 480 g/mol. The van der Waals surface area contributed by atoms with Crippen LogP contribution in [0.15, 0.2) is 67.0 Å². The van der Waals surface area contributed by atoms with E-state index in [0.29, 0.717) is 24.6 Å². The lowest BCUT2D eigenvalue weighted by Gasteiger charge is -2.35. The van der Waals surface area contributed by atoms with Crippen LogP contribution in [0.25, 0.3) is 0 Å². The van der Waals surface area contributed by atoms with E-state index in [1.807, 2.05) is 4.90 Å². The first-order valence-corrected chi connectivity index (χ1v) is 10.6. The van der Waals surface area contributed by atoms with Crippen molar-refractivity contribution in [1.29, 1.82) is 0 Å². The van der Waals surface area contributed by atoms with Crippen molar-refractivity contribution in [2.24, 2.45) is 0 Å². The number of benzene rings is 1. The van der Waals surface area contributed by atoms with Gasteiger partial charge in [-0.3, -0.25) is 9.78 Å². The third-order valence-corrected chi connectivity index (χ3v) is 5.31. The van der Waals surface area contributed by atoms with E-state index >= 15 is 0 Å². The highest BCUT2D eigenvalue weighted by Crippen LogP contribution is 2.32. The molecule has 0 atom stereocenters. The second-order valence-corrected chi connectivity index (χ2v) is 7.56. The number of anilines is 1. The van der Waals surface area contributed by atoms with E-state index in [9.17, 15) is 22.8 Å². The topological polar surface area (TPSA) is 75.6 Å². The largest absolute Gasteiger partial charge is 0.417 e. The Bertz CT molecular complexity index is 1280. The summed E-state index contributed by atoms with van der Waals surface area (Å²) in [7, 11) is 0. The van der Waals surface area contributed by atoms with Gasteiger partial charge in [0.1, 0.15) is 17.6 Å². The molecule has 7 nitrogen and oxygen atoms in total. The monoisotopic (exact) mass is 480 g/mol. The molecule has 2 aromatic heterocycles. The van der Waals surface area contributed by atoms with E-state index in [-0.39, 0.29) is 24.2 Å². The summed E-state index contributed by atoms with van der Waals surface area (Å²) in [6.07, 6.45) is 0.636. The maximum atomic E-state index is 13.3. The fourth-order valence-electron chi connectivity index (χ4n) is 3.56. The van der Waals surface area contributed by atoms with Crippen molar-refractivity contribution in [3.8, 4) is 12.0 Å². The number of hydrogen-bond acceptors (Lipinski definition) is 6. The number of pyridine rings is 2. The first kappa shape index (κ1) is 23.8. The molecule has 0 N–H and O–H groups in total. The minimum Gasteiger partial charge on any atom is -0.368 e. The number of rotatable bonds is 3. The number of ether oxygens (including phenoxy) is 1. The summed E-state index contributed by atoms with van der Waals surface area (Å²) in [6.45, 7) is 1.26. The molecule has 0 bridgehead atoms. The summed E-state index contributed by atoms with van der Waals surface area (Å²) in [5, 5.41) is 0. The summed E-state index contributed by atoms with van der Waals surface area (Å²) >= 11 is 0. The Morgan fingerprint density at radius 1 is 0.943 bits per heavy atom. The van der Waals surface area contributed by atoms with Crippen LogP contribution in [0.1, 0.15) is 32.0 Å². The van der Waals surface area contributed by atoms with E-state index < -0.39 is 23.6 Å². The van der Waals surface area contributed by atoms with Gasteiger partial charge >= 0.3 is 12.1 Å². The Balaban J connectivity index is 1.38. The SMILES string of the molecule is O=C(OC#Cc1cccc(N2CCN(C(=O)c3ccccc3C(F)(F)F)CC2)n1)c1cccnc1. The highest BCUT2D eigenvalue weighted by Gasteiger charge is 2.36. The maximum absolute atomic E-state index is 13.3. The molecule has 0 aliphatic carbocycles. The Labute approximate surface area is 199 Å². The van der Waals surface area contributed by atoms with Gasteiger partial charge in [-0.1, -0.05) is 18.2 Å². The molecule has 1 saturated heterocycles. The number of amides is 1. The number of aromatic nitrogens is 2. The Morgan fingerprint density at radius 3 is 2.43 bits per heavy atom. The summed E-state index contributed by atoms with van der Waals surface area (Å²) in [4.78, 5) is 36.3. The number of alkyl halides is 3. The normalized spacial score (nSPS) is 13.6. The van der Waals surface area contributed by atoms with E-state index in [1.54, 1.807) is 30.3 Å². The van der Waals surface area contributed by atoms with Crippen LogP contribution in [0.5, 0.6) is 0 Å². The zero-order chi connectivity index (χ0) is 24.8. The Kier molecular flexibility index (Phi) is 6.96. The standard InChI is InChI=1S/C25H19F3N4O3/c26-25(27,28)21-8-2-1-7-20(21)23(33)32-14-12-31(13-15-32)22-9-3-6-19(30-22)10-16-35-24(34)18-5-4-11-29-17-18/h1-9,11,17H,12-15H2. The van der Waals surface area contributed by atoms with Crippen molar-refractivity contribution in [2.75, 3.05) is 31.1 Å². The summed E-state index contributed by atoms with van der Waals surface area (Å²) in [5.41, 5.74) is -0.651. The van der Waals surface area contributed by atoms with Crippen molar-refractivity contribution in [2.45, 2.75) is 6.18 Å². The maximum Gasteiger partial charge on any atom is 0.417 e. The van der Waals surface area contributed by atoms with Crippen molar-refractivity contribution in [3.63, 3.8) is 0 Å². The van der Waals surface area contributed by atoms with Crippen molar-refractivity contribution >= 4 is 17.7 Å². The second-order valence-electron chi connectivity index (χ2n) is 7.56. The fourth-order valence-corrected chi connectivity index (χ4v) is 3.56. The van der Waals surface area contributed by atoms with Crippen LogP contribution in [-0.4, -0.2) is 52.9 Å². The first-order chi connectivity index (χ1) is 16.8. The predicted molar refractivity (Wildman–Crippen MR) is 120 cm³/mol. The number of piperazine rings is 1. The lowest BCUT2D eigenvalue weighted by molar-refractivity contribution is -0.138. The molecule has 1 aliphatic rings. The quantitative estimate of drug-likeness (QED) is 0.421. The van der Waals surface area contributed by atoms with Crippen LogP contribution in [0.2, 0.25) is 0 Å². The van der Waals surface area contributed by atoms with Gasteiger partial charge in [-0.25, -0.2) is 9.78 Å². The molecular weight excluding hydrogens is 461 g/mol. The summed E-state index contributed by atoms with van der Waals surface area (Å²) in [6, 6.07) is 13.1. The number of nitrogens with zero attached hydrogens (tertiary/aromatic N) is 4. The number of carbonyl (C=O) groups excluding carboxylic acids is 2. The molecule has 4 rings (SSSR count). The number of esters is 1. The van der Waals surface area contributed by atoms with Gasteiger partial charge in [-0.15, -0.1) is 0 Å². The smallest absolute Gasteiger partial charge is 0.368 e. The van der Waals surface area contributed by atoms with Gasteiger partial charge in [0.25, 0.3) is 5.91 Å². The zero-order valence-electron chi connectivity index (χ0n) is 18.3. The van der Waals surface area contributed by atoms with Gasteiger partial charge in [-0.2, -0.15) is 13.2 Å². The molecule has 0 spiro atoms. The number of halogens is 3. The van der Waals surface area contributed by atoms with Gasteiger partial charge in [0, 0.05) is 38.6 Å². The van der Waals surface area contributed by atoms with E-state index in [2.05, 4.69) is 22.0 Å². The second kappa shape index (κ2) is 10.3. The lowest BCUT2D eigenvalue weighted by atomic mass is 10.1. The van der Waals surface area contributed by atoms with E-state index in [1.165, 1.54) is 35.5 Å². The molecule has 0 unspecified atom stereocenters. The molecule has 1 aromatic carbocycles. The lowest BCUT2D eigenvalue weighted by Crippen LogP contribution is -2.49. The molecule has 3 aromatic rings. The van der Waals surface area contributed by atoms with Crippen LogP contribution in [0.4, 0.5) is 19.0 Å². The Morgan fingerprint density at radius 2 is 1.71 bits per heavy atom. The van der Waals surface area contributed by atoms with Crippen LogP contribution < -0.4 is 4.90 Å². The van der Waals surface area contributed by atoms with Crippen molar-refractivity contribution in [1.82, 2.24) is 14.9 Å². The van der Waals surface area contributed by atoms with Crippen LogP contribution in [0.3, 0.4) is 0 Å². The van der Waals surface area contributed by atoms with Crippen molar-refractivity contribution in [3.05, 3.63) is 89.4 Å². The number of hydrogen-bond donors (Lipinski definition) is 0. The third kappa shape index (κ3) is 5.76. The molecular formula is C25H19F3N4O3. The molecule has 3 heterocycles. The molecule has 0 saturated carbocycles. The van der Waals surface area contributed by atoms with Gasteiger partial charge in [-0.05, 0) is 42.3 Å². The average Bonchev–Trinajstić information content (AvgIpc) is 2.88. The molecule has 10 heteroatoms. The molecule has 35 heavy (non-hydrogen) atoms. The van der Waals surface area contributed by atoms with Crippen molar-refractivity contribution < 1.29 is 27.5 Å². The van der Waals surface area contributed by atoms with Crippen LogP contribution in [0, 0.1) is 12.0 Å². The third-order valence-electron chi connectivity index (χ3n) is 5.31. The first-order valence-electron chi connectivity index (χ1n) is 10.6. The van der Waals surface area contributed by atoms with E-state index in [0.717, 1.165) is 6.07 Å². The zero-order valence-corrected chi connectivity index (χ0v) is 18.3. The molecule has 1 fully saturated rings. The van der Waals surface area contributed by atoms with Crippen LogP contribution >= 0.6 is 0 Å². The molecule has 1 aliphatic heterocycles. The van der Waals surface area contributed by atoms with Gasteiger partial charge in [0.15, 0.2) is 0 Å². The molecule has 178 valence electrons. The van der Waals surface area contributed by atoms with Crippen LogP contribution in [-0.2, 0) is 10.9 Å². The minimum atomic E-state index is -4.61. The van der Waals surface area contributed by atoms with Gasteiger partial charge in [0.2, 0.25) is 0 Å². The minimum absolute atomic E-state index is 0.241. The highest BCUT2D eigenvalue weighted by atomic mass is 19.4. The van der Waals surface area contributed by atoms with Gasteiger partial charge < -0.3 is 14.5 Å². The Hall–Kier alpha value is -4.39. The van der Waals surface area contributed by atoms with E-state index in [4.69, 9.17) is 4.74 Å². The number of carbonyl (C=O) groups is 2. The van der Waals surface area contributed by atoms with Gasteiger partial charge in [0.05, 0.1) is 16.7 Å². The predicted octanol–water partition coefficient (Wildman–Crippen LogP) is 3.62. The molecule has 0 radical (unpaired) electrons. The fraction of sp³-hybridized carbons (Fsp3) is 0.200. The summed E-state index contributed by atoms with van der Waals surface area (Å²) in [5.74, 6) is 1.98. The highest BCUT2D eigenvalue weighted by molar-refractivity contribution is 5.96.